The first-order valence-corrected chi connectivity index (χ1v) is 7.27. The van der Waals surface area contributed by atoms with E-state index in [0.29, 0.717) is 30.2 Å². The van der Waals surface area contributed by atoms with Crippen LogP contribution in [0.15, 0.2) is 24.3 Å². The second kappa shape index (κ2) is 5.73. The van der Waals surface area contributed by atoms with E-state index in [1.165, 1.54) is 4.90 Å². The number of fused-ring (bicyclic) bond motifs is 3. The van der Waals surface area contributed by atoms with Crippen LogP contribution in [0.3, 0.4) is 0 Å². The van der Waals surface area contributed by atoms with Crippen LogP contribution < -0.4 is 17.2 Å². The lowest BCUT2D eigenvalue weighted by Crippen LogP contribution is -2.32. The molecule has 1 aromatic carbocycles. The number of nitrogen functional groups attached to an aromatic ring is 1. The molecule has 0 unspecified atom stereocenters. The van der Waals surface area contributed by atoms with Gasteiger partial charge in [0.15, 0.2) is 5.82 Å². The molecule has 0 aliphatic heterocycles. The van der Waals surface area contributed by atoms with Crippen LogP contribution in [0.5, 0.6) is 0 Å². The van der Waals surface area contributed by atoms with Crippen LogP contribution in [0.2, 0.25) is 0 Å². The quantitative estimate of drug-likeness (QED) is 0.650. The van der Waals surface area contributed by atoms with Gasteiger partial charge in [-0.3, -0.25) is 0 Å². The Morgan fingerprint density at radius 3 is 2.74 bits per heavy atom. The molecule has 3 rings (SSSR count). The summed E-state index contributed by atoms with van der Waals surface area (Å²) in [5.74, 6) is 1.04. The summed E-state index contributed by atoms with van der Waals surface area (Å²) in [5.41, 5.74) is 19.4. The second-order valence-electron chi connectivity index (χ2n) is 5.37. The molecule has 0 aliphatic rings. The fourth-order valence-electron chi connectivity index (χ4n) is 2.69. The van der Waals surface area contributed by atoms with Crippen molar-refractivity contribution in [1.82, 2.24) is 19.4 Å². The number of carbonyl (C=O) groups excluding carboxylic acids is 1. The maximum Gasteiger partial charge on any atom is 0.314 e. The lowest BCUT2D eigenvalue weighted by atomic mass is 10.2. The summed E-state index contributed by atoms with van der Waals surface area (Å²) in [7, 11) is 1.62. The number of benzene rings is 1. The maximum atomic E-state index is 11.3. The summed E-state index contributed by atoms with van der Waals surface area (Å²) in [6.07, 6.45) is 0. The van der Waals surface area contributed by atoms with E-state index in [1.54, 1.807) is 7.05 Å². The molecule has 6 N–H and O–H groups in total. The molecule has 0 radical (unpaired) electrons. The van der Waals surface area contributed by atoms with E-state index in [2.05, 4.69) is 9.97 Å². The van der Waals surface area contributed by atoms with Crippen LogP contribution in [0.4, 0.5) is 10.6 Å². The Bertz CT molecular complexity index is 886. The van der Waals surface area contributed by atoms with Crippen molar-refractivity contribution < 1.29 is 4.79 Å². The van der Waals surface area contributed by atoms with E-state index in [0.717, 1.165) is 16.4 Å². The van der Waals surface area contributed by atoms with Gasteiger partial charge in [-0.05, 0) is 6.07 Å². The van der Waals surface area contributed by atoms with Gasteiger partial charge in [0.1, 0.15) is 11.3 Å². The van der Waals surface area contributed by atoms with Crippen molar-refractivity contribution in [3.63, 3.8) is 0 Å². The van der Waals surface area contributed by atoms with Crippen LogP contribution in [-0.4, -0.2) is 39.1 Å². The molecular weight excluding hydrogens is 294 g/mol. The van der Waals surface area contributed by atoms with Gasteiger partial charge < -0.3 is 26.7 Å². The third-order valence-corrected chi connectivity index (χ3v) is 3.80. The van der Waals surface area contributed by atoms with E-state index in [4.69, 9.17) is 17.2 Å². The molecular formula is C15H19N7O. The Labute approximate surface area is 132 Å². The van der Waals surface area contributed by atoms with Crippen LogP contribution >= 0.6 is 0 Å². The summed E-state index contributed by atoms with van der Waals surface area (Å²) in [4.78, 5) is 21.7. The summed E-state index contributed by atoms with van der Waals surface area (Å²) >= 11 is 0. The van der Waals surface area contributed by atoms with Gasteiger partial charge in [-0.15, -0.1) is 0 Å². The van der Waals surface area contributed by atoms with Crippen LogP contribution in [-0.2, 0) is 13.1 Å². The van der Waals surface area contributed by atoms with Crippen LogP contribution in [0.25, 0.3) is 21.9 Å². The molecule has 3 aromatic rings. The van der Waals surface area contributed by atoms with E-state index in [-0.39, 0.29) is 6.54 Å². The third kappa shape index (κ3) is 2.53. The Morgan fingerprint density at radius 1 is 1.30 bits per heavy atom. The van der Waals surface area contributed by atoms with E-state index in [9.17, 15) is 4.79 Å². The van der Waals surface area contributed by atoms with Crippen molar-refractivity contribution in [2.24, 2.45) is 11.5 Å². The zero-order chi connectivity index (χ0) is 16.6. The molecule has 120 valence electrons. The first-order chi connectivity index (χ1) is 11.0. The zero-order valence-electron chi connectivity index (χ0n) is 12.9. The van der Waals surface area contributed by atoms with Crippen molar-refractivity contribution in [3.8, 4) is 0 Å². The SMILES string of the molecule is CN(Cc1nc2c(N)nc3ccccc3c2n1CCN)C(N)=O. The number of hydrogen-bond donors (Lipinski definition) is 3. The Balaban J connectivity index is 2.29. The summed E-state index contributed by atoms with van der Waals surface area (Å²) in [6.45, 7) is 1.28. The van der Waals surface area contributed by atoms with Gasteiger partial charge in [-0.25, -0.2) is 14.8 Å². The Kier molecular flexibility index (Phi) is 3.75. The lowest BCUT2D eigenvalue weighted by Gasteiger charge is -2.15. The monoisotopic (exact) mass is 313 g/mol. The van der Waals surface area contributed by atoms with E-state index in [1.807, 2.05) is 28.8 Å². The predicted octanol–water partition coefficient (Wildman–Crippen LogP) is 0.636. The number of nitrogens with two attached hydrogens (primary N) is 3. The minimum Gasteiger partial charge on any atom is -0.382 e. The number of anilines is 1. The molecule has 2 heterocycles. The number of primary amides is 1. The number of carbonyl (C=O) groups is 1. The number of rotatable bonds is 4. The third-order valence-electron chi connectivity index (χ3n) is 3.80. The minimum absolute atomic E-state index is 0.276. The summed E-state index contributed by atoms with van der Waals surface area (Å²) in [6, 6.07) is 7.20. The number of imidazole rings is 1. The second-order valence-corrected chi connectivity index (χ2v) is 5.37. The number of aromatic nitrogens is 3. The number of pyridine rings is 1. The molecule has 0 spiro atoms. The van der Waals surface area contributed by atoms with Crippen LogP contribution in [0.1, 0.15) is 5.82 Å². The van der Waals surface area contributed by atoms with Crippen molar-refractivity contribution in [2.45, 2.75) is 13.1 Å². The first-order valence-electron chi connectivity index (χ1n) is 7.27. The Hall–Kier alpha value is -2.87. The van der Waals surface area contributed by atoms with Crippen molar-refractivity contribution in [3.05, 3.63) is 30.1 Å². The maximum absolute atomic E-state index is 11.3. The molecule has 8 heteroatoms. The molecule has 2 amide bonds. The molecule has 0 atom stereocenters. The minimum atomic E-state index is -0.521. The molecule has 0 fully saturated rings. The van der Waals surface area contributed by atoms with Gasteiger partial charge in [0, 0.05) is 25.5 Å². The van der Waals surface area contributed by atoms with Gasteiger partial charge in [0.2, 0.25) is 0 Å². The molecule has 8 nitrogen and oxygen atoms in total. The van der Waals surface area contributed by atoms with Gasteiger partial charge in [-0.1, -0.05) is 18.2 Å². The highest BCUT2D eigenvalue weighted by atomic mass is 16.2. The number of amides is 2. The predicted molar refractivity (Wildman–Crippen MR) is 89.6 cm³/mol. The fourth-order valence-corrected chi connectivity index (χ4v) is 2.69. The average molecular weight is 313 g/mol. The highest BCUT2D eigenvalue weighted by molar-refractivity contribution is 6.06. The van der Waals surface area contributed by atoms with Gasteiger partial charge in [0.25, 0.3) is 0 Å². The largest absolute Gasteiger partial charge is 0.382 e. The first kappa shape index (κ1) is 15.0. The highest BCUT2D eigenvalue weighted by Crippen LogP contribution is 2.28. The lowest BCUT2D eigenvalue weighted by molar-refractivity contribution is 0.215. The molecule has 0 saturated heterocycles. The topological polar surface area (TPSA) is 129 Å². The van der Waals surface area contributed by atoms with Gasteiger partial charge in [-0.2, -0.15) is 0 Å². The zero-order valence-corrected chi connectivity index (χ0v) is 12.9. The fraction of sp³-hybridized carbons (Fsp3) is 0.267. The smallest absolute Gasteiger partial charge is 0.314 e. The molecule has 0 saturated carbocycles. The number of hydrogen-bond acceptors (Lipinski definition) is 5. The number of para-hydroxylation sites is 1. The standard InChI is InChI=1S/C15H19N7O/c1-21(15(18)23)8-11-20-12-13(22(11)7-6-16)9-4-2-3-5-10(9)19-14(12)17/h2-5H,6-8,16H2,1H3,(H2,17,19)(H2,18,23). The summed E-state index contributed by atoms with van der Waals surface area (Å²) in [5, 5.41) is 0.950. The molecule has 2 aromatic heterocycles. The van der Waals surface area contributed by atoms with Gasteiger partial charge >= 0.3 is 6.03 Å². The van der Waals surface area contributed by atoms with Crippen LogP contribution in [0, 0.1) is 0 Å². The van der Waals surface area contributed by atoms with E-state index < -0.39 is 6.03 Å². The van der Waals surface area contributed by atoms with E-state index >= 15 is 0 Å². The Morgan fingerprint density at radius 2 is 2.04 bits per heavy atom. The average Bonchev–Trinajstić information content (AvgIpc) is 2.87. The number of nitrogens with zero attached hydrogens (tertiary/aromatic N) is 4. The van der Waals surface area contributed by atoms with Crippen molar-refractivity contribution >= 4 is 33.8 Å². The van der Waals surface area contributed by atoms with Gasteiger partial charge in [0.05, 0.1) is 17.6 Å². The summed E-state index contributed by atoms with van der Waals surface area (Å²) < 4.78 is 1.98. The van der Waals surface area contributed by atoms with Crippen molar-refractivity contribution in [2.75, 3.05) is 19.3 Å². The molecule has 0 aliphatic carbocycles. The highest BCUT2D eigenvalue weighted by Gasteiger charge is 2.18. The molecule has 0 bridgehead atoms. The molecule has 23 heavy (non-hydrogen) atoms. The normalized spacial score (nSPS) is 11.2. The van der Waals surface area contributed by atoms with Crippen molar-refractivity contribution in [1.29, 1.82) is 0 Å². The number of urea groups is 1.